The maximum Gasteiger partial charge on any atom is 0.0541 e. The van der Waals surface area contributed by atoms with Crippen LogP contribution in [0.3, 0.4) is 0 Å². The van der Waals surface area contributed by atoms with Crippen LogP contribution < -0.4 is 0 Å². The summed E-state index contributed by atoms with van der Waals surface area (Å²) in [4.78, 5) is 3.60. The number of hydrogen-bond acceptors (Lipinski definition) is 0. The molecule has 0 radical (unpaired) electrons. The smallest absolute Gasteiger partial charge is 0.0541 e. The average Bonchev–Trinajstić information content (AvgIpc) is 3.47. The molecule has 0 spiro atoms. The summed E-state index contributed by atoms with van der Waals surface area (Å²) in [6.07, 6.45) is 1.15. The van der Waals surface area contributed by atoms with E-state index in [4.69, 9.17) is 0 Å². The molecule has 0 saturated heterocycles. The van der Waals surface area contributed by atoms with Gasteiger partial charge in [0.15, 0.2) is 0 Å². The third kappa shape index (κ3) is 3.18. The maximum atomic E-state index is 3.60. The third-order valence-corrected chi connectivity index (χ3v) is 7.84. The fourth-order valence-electron chi connectivity index (χ4n) is 5.64. The Kier molecular flexibility index (Phi) is 4.75. The third-order valence-electron chi connectivity index (χ3n) is 7.84. The van der Waals surface area contributed by atoms with Gasteiger partial charge in [-0.25, -0.2) is 0 Å². The Bertz CT molecular complexity index is 1830. The Morgan fingerprint density at radius 3 is 1.86 bits per heavy atom. The normalized spacial score (nSPS) is 12.7. The zero-order chi connectivity index (χ0) is 24.2. The van der Waals surface area contributed by atoms with Crippen molar-refractivity contribution >= 4 is 43.6 Å². The fourth-order valence-corrected chi connectivity index (χ4v) is 5.64. The van der Waals surface area contributed by atoms with Gasteiger partial charge < -0.3 is 9.55 Å². The predicted molar refractivity (Wildman–Crippen MR) is 154 cm³/mol. The zero-order valence-corrected chi connectivity index (χ0v) is 20.6. The van der Waals surface area contributed by atoms with Gasteiger partial charge in [-0.2, -0.15) is 0 Å². The number of rotatable bonds is 4. The Morgan fingerprint density at radius 1 is 0.611 bits per heavy atom. The van der Waals surface area contributed by atoms with Crippen LogP contribution in [0.2, 0.25) is 0 Å². The fraction of sp³-hybridized carbons (Fsp3) is 0.118. The van der Waals surface area contributed by atoms with Crippen molar-refractivity contribution in [3.8, 4) is 16.8 Å². The van der Waals surface area contributed by atoms with Crippen LogP contribution in [0, 0.1) is 0 Å². The van der Waals surface area contributed by atoms with E-state index in [0.29, 0.717) is 5.92 Å². The van der Waals surface area contributed by atoms with Crippen molar-refractivity contribution < 1.29 is 0 Å². The molecule has 7 aromatic rings. The quantitative estimate of drug-likeness (QED) is 0.268. The molecule has 5 aromatic carbocycles. The van der Waals surface area contributed by atoms with Crippen molar-refractivity contribution in [3.63, 3.8) is 0 Å². The Hall–Kier alpha value is -4.30. The van der Waals surface area contributed by atoms with Crippen molar-refractivity contribution in [1.29, 1.82) is 0 Å². The summed E-state index contributed by atoms with van der Waals surface area (Å²) in [5, 5.41) is 5.18. The molecule has 174 valence electrons. The molecule has 2 aromatic heterocycles. The minimum absolute atomic E-state index is 0.566. The first-order chi connectivity index (χ1) is 17.7. The van der Waals surface area contributed by atoms with Gasteiger partial charge in [-0.05, 0) is 77.6 Å². The first kappa shape index (κ1) is 21.0. The predicted octanol–water partition coefficient (Wildman–Crippen LogP) is 9.60. The highest BCUT2D eigenvalue weighted by atomic mass is 15.0. The summed E-state index contributed by atoms with van der Waals surface area (Å²) in [5.41, 5.74) is 9.94. The van der Waals surface area contributed by atoms with E-state index in [-0.39, 0.29) is 0 Å². The SMILES string of the molecule is CCC(C)c1ccc2[nH]c3ccc(-c4ccc(-n5c6ccccc6c6ccccc65)cc4)cc3c2c1. The van der Waals surface area contributed by atoms with Crippen LogP contribution in [0.4, 0.5) is 0 Å². The molecule has 0 aliphatic heterocycles. The molecular weight excluding hydrogens is 436 g/mol. The highest BCUT2D eigenvalue weighted by Gasteiger charge is 2.12. The first-order valence-corrected chi connectivity index (χ1v) is 12.9. The van der Waals surface area contributed by atoms with Gasteiger partial charge in [-0.15, -0.1) is 0 Å². The molecule has 2 heterocycles. The van der Waals surface area contributed by atoms with Crippen LogP contribution in [0.1, 0.15) is 31.7 Å². The lowest BCUT2D eigenvalue weighted by atomic mass is 9.96. The van der Waals surface area contributed by atoms with E-state index in [1.54, 1.807) is 0 Å². The van der Waals surface area contributed by atoms with Crippen LogP contribution in [-0.4, -0.2) is 9.55 Å². The van der Waals surface area contributed by atoms with E-state index in [0.717, 1.165) is 6.42 Å². The highest BCUT2D eigenvalue weighted by molar-refractivity contribution is 6.10. The summed E-state index contributed by atoms with van der Waals surface area (Å²) in [6.45, 7) is 4.56. The van der Waals surface area contributed by atoms with E-state index >= 15 is 0 Å². The van der Waals surface area contributed by atoms with E-state index in [1.807, 2.05) is 0 Å². The molecule has 0 aliphatic rings. The molecule has 36 heavy (non-hydrogen) atoms. The number of nitrogens with one attached hydrogen (secondary N) is 1. The van der Waals surface area contributed by atoms with Crippen LogP contribution in [0.25, 0.3) is 60.4 Å². The lowest BCUT2D eigenvalue weighted by Gasteiger charge is -2.10. The number of benzene rings is 5. The van der Waals surface area contributed by atoms with Crippen molar-refractivity contribution in [3.05, 3.63) is 115 Å². The van der Waals surface area contributed by atoms with Gasteiger partial charge in [-0.3, -0.25) is 0 Å². The van der Waals surface area contributed by atoms with Gasteiger partial charge >= 0.3 is 0 Å². The van der Waals surface area contributed by atoms with Gasteiger partial charge in [0.25, 0.3) is 0 Å². The van der Waals surface area contributed by atoms with Crippen LogP contribution in [0.15, 0.2) is 109 Å². The van der Waals surface area contributed by atoms with E-state index in [1.165, 1.54) is 66.0 Å². The zero-order valence-electron chi connectivity index (χ0n) is 20.6. The molecule has 7 rings (SSSR count). The van der Waals surface area contributed by atoms with Gasteiger partial charge in [0.2, 0.25) is 0 Å². The van der Waals surface area contributed by atoms with Gasteiger partial charge in [-0.1, -0.05) is 74.5 Å². The van der Waals surface area contributed by atoms with Gasteiger partial charge in [0.05, 0.1) is 11.0 Å². The summed E-state index contributed by atoms with van der Waals surface area (Å²) >= 11 is 0. The topological polar surface area (TPSA) is 20.7 Å². The Morgan fingerprint density at radius 2 is 1.19 bits per heavy atom. The van der Waals surface area contributed by atoms with E-state index in [9.17, 15) is 0 Å². The number of fused-ring (bicyclic) bond motifs is 6. The van der Waals surface area contributed by atoms with Gasteiger partial charge in [0, 0.05) is 38.3 Å². The largest absolute Gasteiger partial charge is 0.355 e. The molecule has 1 N–H and O–H groups in total. The second kappa shape index (κ2) is 8.13. The number of hydrogen-bond donors (Lipinski definition) is 1. The molecule has 1 atom stereocenters. The molecule has 0 amide bonds. The highest BCUT2D eigenvalue weighted by Crippen LogP contribution is 2.35. The molecule has 0 saturated carbocycles. The molecule has 2 heteroatoms. The molecule has 0 aliphatic carbocycles. The van der Waals surface area contributed by atoms with Crippen molar-refractivity contribution in [2.45, 2.75) is 26.2 Å². The second-order valence-corrected chi connectivity index (χ2v) is 9.92. The lowest BCUT2D eigenvalue weighted by Crippen LogP contribution is -1.93. The Balaban J connectivity index is 1.33. The summed E-state index contributed by atoms with van der Waals surface area (Å²) < 4.78 is 2.37. The number of H-pyrrole nitrogens is 1. The number of para-hydroxylation sites is 2. The van der Waals surface area contributed by atoms with E-state index in [2.05, 4.69) is 133 Å². The summed E-state index contributed by atoms with van der Waals surface area (Å²) in [5.74, 6) is 0.566. The minimum Gasteiger partial charge on any atom is -0.355 e. The number of aromatic nitrogens is 2. The van der Waals surface area contributed by atoms with E-state index < -0.39 is 0 Å². The molecule has 1 unspecified atom stereocenters. The van der Waals surface area contributed by atoms with Crippen molar-refractivity contribution in [2.75, 3.05) is 0 Å². The molecular formula is C34H28N2. The first-order valence-electron chi connectivity index (χ1n) is 12.9. The average molecular weight is 465 g/mol. The van der Waals surface area contributed by atoms with Crippen LogP contribution >= 0.6 is 0 Å². The number of nitrogens with zero attached hydrogens (tertiary/aromatic N) is 1. The molecule has 0 fully saturated rings. The lowest BCUT2D eigenvalue weighted by molar-refractivity contribution is 0.735. The molecule has 2 nitrogen and oxygen atoms in total. The monoisotopic (exact) mass is 464 g/mol. The molecule has 0 bridgehead atoms. The second-order valence-electron chi connectivity index (χ2n) is 9.92. The van der Waals surface area contributed by atoms with Gasteiger partial charge in [0.1, 0.15) is 0 Å². The van der Waals surface area contributed by atoms with Crippen molar-refractivity contribution in [1.82, 2.24) is 9.55 Å². The minimum atomic E-state index is 0.566. The van der Waals surface area contributed by atoms with Crippen LogP contribution in [0.5, 0.6) is 0 Å². The number of aromatic amines is 1. The maximum absolute atomic E-state index is 3.60. The summed E-state index contributed by atoms with van der Waals surface area (Å²) in [6, 6.07) is 40.0. The van der Waals surface area contributed by atoms with Crippen LogP contribution in [-0.2, 0) is 0 Å². The summed E-state index contributed by atoms with van der Waals surface area (Å²) in [7, 11) is 0. The Labute approximate surface area is 210 Å². The standard InChI is InChI=1S/C34H28N2/c1-3-22(2)24-14-18-31-29(20-24)30-21-25(15-19-32(30)35-31)23-12-16-26(17-13-23)36-33-10-6-4-8-27(33)28-9-5-7-11-34(28)36/h4-22,35H,3H2,1-2H3. The van der Waals surface area contributed by atoms with Crippen molar-refractivity contribution in [2.24, 2.45) is 0 Å².